The Labute approximate surface area is 166 Å². The number of carbonyl (C=O) groups is 1. The summed E-state index contributed by atoms with van der Waals surface area (Å²) in [5.74, 6) is -2.92. The molecule has 0 aromatic heterocycles. The lowest BCUT2D eigenvalue weighted by atomic mass is 10.2. The summed E-state index contributed by atoms with van der Waals surface area (Å²) in [7, 11) is 1.07. The van der Waals surface area contributed by atoms with Crippen LogP contribution >= 0.6 is 23.2 Å². The largest absolute Gasteiger partial charge is 0.480 e. The Hall–Kier alpha value is -2.52. The van der Waals surface area contributed by atoms with E-state index in [4.69, 9.17) is 27.9 Å². The minimum absolute atomic E-state index is 0.00667. The maximum absolute atomic E-state index is 13.8. The molecule has 2 aromatic carbocycles. The summed E-state index contributed by atoms with van der Waals surface area (Å²) in [6.07, 6.45) is -3.87. The molecule has 0 atom stereocenters. The molecule has 0 saturated heterocycles. The Balaban J connectivity index is 2.20. The number of rotatable bonds is 5. The van der Waals surface area contributed by atoms with Crippen LogP contribution in [0.3, 0.4) is 0 Å². The molecule has 150 valence electrons. The number of methoxy groups -OCH3 is 1. The predicted octanol–water partition coefficient (Wildman–Crippen LogP) is 5.37. The van der Waals surface area contributed by atoms with Gasteiger partial charge >= 0.3 is 12.1 Å². The normalized spacial score (nSPS) is 12.1. The number of carbonyl (C=O) groups excluding carboxylic acids is 1. The molecule has 0 saturated carbocycles. The maximum atomic E-state index is 13.8. The smallest absolute Gasteiger partial charge is 0.428 e. The summed E-state index contributed by atoms with van der Waals surface area (Å²) >= 11 is 10.3. The number of ether oxygens (including phenoxy) is 2. The second-order valence-electron chi connectivity index (χ2n) is 5.14. The van der Waals surface area contributed by atoms with Crippen LogP contribution in [0.1, 0.15) is 5.56 Å². The van der Waals surface area contributed by atoms with Crippen LogP contribution in [0.25, 0.3) is 0 Å². The highest BCUT2D eigenvalue weighted by atomic mass is 35.5. The molecular weight excluding hydrogens is 427 g/mol. The van der Waals surface area contributed by atoms with E-state index in [0.29, 0.717) is 0 Å². The van der Waals surface area contributed by atoms with Crippen LogP contribution < -0.4 is 10.1 Å². The molecule has 28 heavy (non-hydrogen) atoms. The second-order valence-corrected chi connectivity index (χ2v) is 6.24. The molecule has 0 radical (unpaired) electrons. The molecule has 0 heterocycles. The zero-order valence-corrected chi connectivity index (χ0v) is 15.6. The summed E-state index contributed by atoms with van der Waals surface area (Å²) in [5.41, 5.74) is -0.626. The van der Waals surface area contributed by atoms with Crippen molar-refractivity contribution in [2.45, 2.75) is 10.9 Å². The van der Waals surface area contributed by atoms with Crippen LogP contribution in [-0.4, -0.2) is 30.0 Å². The first-order valence-corrected chi connectivity index (χ1v) is 8.34. The summed E-state index contributed by atoms with van der Waals surface area (Å²) in [6.45, 7) is 0. The van der Waals surface area contributed by atoms with Crippen molar-refractivity contribution in [3.63, 3.8) is 0 Å². The highest BCUT2D eigenvalue weighted by Crippen LogP contribution is 2.31. The third-order valence-electron chi connectivity index (χ3n) is 3.17. The van der Waals surface area contributed by atoms with Gasteiger partial charge in [0.05, 0.1) is 7.11 Å². The summed E-state index contributed by atoms with van der Waals surface area (Å²) in [6, 6.07) is 6.86. The quantitative estimate of drug-likeness (QED) is 0.295. The van der Waals surface area contributed by atoms with Gasteiger partial charge in [0, 0.05) is 11.8 Å². The number of halogens is 6. The van der Waals surface area contributed by atoms with Crippen molar-refractivity contribution >= 4 is 40.8 Å². The SMILES string of the molecule is COC(=NC(=O)Nc1cccc(OC(F)(F)C(Cl)Cl)c1)c1c(F)cccc1F. The molecule has 0 spiro atoms. The standard InChI is InChI=1S/C17H12Cl2F4N2O3/c1-27-14(13-11(20)6-3-7-12(13)21)25-16(26)24-9-4-2-5-10(8-9)28-17(22,23)15(18)19/h2-8,15H,1H3,(H,24,26). The lowest BCUT2D eigenvalue weighted by Gasteiger charge is -2.18. The zero-order valence-electron chi connectivity index (χ0n) is 14.1. The number of aliphatic imine (C=N–C) groups is 1. The molecule has 11 heteroatoms. The average molecular weight is 439 g/mol. The summed E-state index contributed by atoms with van der Waals surface area (Å²) < 4.78 is 63.6. The number of amides is 2. The first kappa shape index (κ1) is 21.8. The number of nitrogens with one attached hydrogen (secondary N) is 1. The molecule has 0 aliphatic rings. The lowest BCUT2D eigenvalue weighted by Crippen LogP contribution is -2.32. The van der Waals surface area contributed by atoms with Crippen LogP contribution in [0.5, 0.6) is 5.75 Å². The van der Waals surface area contributed by atoms with Crippen molar-refractivity contribution in [2.24, 2.45) is 4.99 Å². The highest BCUT2D eigenvalue weighted by molar-refractivity contribution is 6.44. The van der Waals surface area contributed by atoms with E-state index in [1.807, 2.05) is 0 Å². The topological polar surface area (TPSA) is 59.9 Å². The van der Waals surface area contributed by atoms with Gasteiger partial charge in [-0.3, -0.25) is 0 Å². The van der Waals surface area contributed by atoms with Gasteiger partial charge < -0.3 is 14.8 Å². The third-order valence-corrected chi connectivity index (χ3v) is 3.67. The number of urea groups is 1. The van der Waals surface area contributed by atoms with E-state index in [-0.39, 0.29) is 11.4 Å². The van der Waals surface area contributed by atoms with Crippen LogP contribution in [0.4, 0.5) is 28.0 Å². The van der Waals surface area contributed by atoms with Crippen molar-refractivity contribution in [2.75, 3.05) is 12.4 Å². The van der Waals surface area contributed by atoms with Crippen LogP contribution in [0.2, 0.25) is 0 Å². The Kier molecular flexibility index (Phi) is 7.09. The number of nitrogens with zero attached hydrogens (tertiary/aromatic N) is 1. The van der Waals surface area contributed by atoms with Crippen molar-refractivity contribution in [3.05, 3.63) is 59.7 Å². The maximum Gasteiger partial charge on any atom is 0.428 e. The van der Waals surface area contributed by atoms with E-state index >= 15 is 0 Å². The van der Waals surface area contributed by atoms with E-state index in [9.17, 15) is 22.4 Å². The fourth-order valence-electron chi connectivity index (χ4n) is 1.99. The monoisotopic (exact) mass is 438 g/mol. The Bertz CT molecular complexity index is 874. The van der Waals surface area contributed by atoms with Crippen LogP contribution in [0.15, 0.2) is 47.5 Å². The van der Waals surface area contributed by atoms with Crippen molar-refractivity contribution in [3.8, 4) is 5.75 Å². The Morgan fingerprint density at radius 2 is 1.75 bits per heavy atom. The molecule has 0 unspecified atom stereocenters. The van der Waals surface area contributed by atoms with Gasteiger partial charge in [-0.25, -0.2) is 13.6 Å². The molecular formula is C17H12Cl2F4N2O3. The number of benzene rings is 2. The van der Waals surface area contributed by atoms with Crippen molar-refractivity contribution in [1.82, 2.24) is 0 Å². The number of hydrogen-bond donors (Lipinski definition) is 1. The first-order chi connectivity index (χ1) is 13.1. The minimum atomic E-state index is -3.87. The molecule has 1 N–H and O–H groups in total. The number of anilines is 1. The van der Waals surface area contributed by atoms with E-state index in [0.717, 1.165) is 31.4 Å². The molecule has 2 aromatic rings. The van der Waals surface area contributed by atoms with Crippen LogP contribution in [-0.2, 0) is 4.74 Å². The van der Waals surface area contributed by atoms with E-state index in [1.54, 1.807) is 0 Å². The highest BCUT2D eigenvalue weighted by Gasteiger charge is 2.40. The average Bonchev–Trinajstić information content (AvgIpc) is 2.60. The fourth-order valence-corrected chi connectivity index (χ4v) is 2.08. The summed E-state index contributed by atoms with van der Waals surface area (Å²) in [4.78, 5) is 13.4. The zero-order chi connectivity index (χ0) is 20.9. The van der Waals surface area contributed by atoms with Crippen LogP contribution in [0, 0.1) is 11.6 Å². The van der Waals surface area contributed by atoms with Gasteiger partial charge in [-0.2, -0.15) is 13.8 Å². The van der Waals surface area contributed by atoms with Crippen molar-refractivity contribution in [1.29, 1.82) is 0 Å². The third kappa shape index (κ3) is 5.49. The predicted molar refractivity (Wildman–Crippen MR) is 96.4 cm³/mol. The van der Waals surface area contributed by atoms with Gasteiger partial charge in [0.2, 0.25) is 10.7 Å². The van der Waals surface area contributed by atoms with Gasteiger partial charge in [-0.05, 0) is 24.3 Å². The molecule has 5 nitrogen and oxygen atoms in total. The lowest BCUT2D eigenvalue weighted by molar-refractivity contribution is -0.163. The summed E-state index contributed by atoms with van der Waals surface area (Å²) in [5, 5.41) is 2.23. The Morgan fingerprint density at radius 3 is 2.32 bits per heavy atom. The number of hydrogen-bond acceptors (Lipinski definition) is 3. The Morgan fingerprint density at radius 1 is 1.14 bits per heavy atom. The van der Waals surface area contributed by atoms with E-state index in [1.165, 1.54) is 18.2 Å². The molecule has 0 aliphatic heterocycles. The van der Waals surface area contributed by atoms with Gasteiger partial charge in [0.25, 0.3) is 0 Å². The second kappa shape index (κ2) is 9.11. The first-order valence-electron chi connectivity index (χ1n) is 7.47. The fraction of sp³-hybridized carbons (Fsp3) is 0.176. The van der Waals surface area contributed by atoms with Gasteiger partial charge in [0.1, 0.15) is 22.9 Å². The van der Waals surface area contributed by atoms with Gasteiger partial charge in [-0.15, -0.1) is 0 Å². The molecule has 2 amide bonds. The number of alkyl halides is 4. The minimum Gasteiger partial charge on any atom is -0.480 e. The molecule has 2 rings (SSSR count). The molecule has 0 bridgehead atoms. The van der Waals surface area contributed by atoms with Gasteiger partial charge in [-0.1, -0.05) is 35.3 Å². The van der Waals surface area contributed by atoms with Gasteiger partial charge in [0.15, 0.2) is 0 Å². The van der Waals surface area contributed by atoms with E-state index < -0.39 is 40.1 Å². The molecule has 0 fully saturated rings. The van der Waals surface area contributed by atoms with E-state index in [2.05, 4.69) is 15.0 Å². The van der Waals surface area contributed by atoms with Crippen molar-refractivity contribution < 1.29 is 31.8 Å². The molecule has 0 aliphatic carbocycles.